The second-order valence-electron chi connectivity index (χ2n) is 5.23. The van der Waals surface area contributed by atoms with Crippen molar-refractivity contribution in [1.29, 1.82) is 0 Å². The van der Waals surface area contributed by atoms with Crippen LogP contribution in [0.1, 0.15) is 54.1 Å². The topological polar surface area (TPSA) is 88.5 Å². The van der Waals surface area contributed by atoms with Crippen molar-refractivity contribution in [3.63, 3.8) is 0 Å². The lowest BCUT2D eigenvalue weighted by Gasteiger charge is -2.13. The molecule has 0 fully saturated rings. The summed E-state index contributed by atoms with van der Waals surface area (Å²) in [5.41, 5.74) is 0.935. The predicted octanol–water partition coefficient (Wildman–Crippen LogP) is 3.34. The summed E-state index contributed by atoms with van der Waals surface area (Å²) in [5.74, 6) is -0.189. The number of benzene rings is 1. The van der Waals surface area contributed by atoms with Gasteiger partial charge in [0.05, 0.1) is 5.56 Å². The van der Waals surface area contributed by atoms with Gasteiger partial charge in [0.15, 0.2) is 6.29 Å². The van der Waals surface area contributed by atoms with Gasteiger partial charge < -0.3 is 15.2 Å². The Balaban J connectivity index is 0.00000151. The molecule has 1 aromatic heterocycles. The molecule has 0 saturated heterocycles. The normalized spacial score (nSPS) is 9.80. The van der Waals surface area contributed by atoms with Crippen molar-refractivity contribution >= 4 is 12.2 Å². The number of nitrogens with zero attached hydrogens (tertiary/aromatic N) is 1. The van der Waals surface area contributed by atoms with Crippen molar-refractivity contribution in [2.24, 2.45) is 0 Å². The minimum atomic E-state index is -0.286. The summed E-state index contributed by atoms with van der Waals surface area (Å²) in [7, 11) is 0. The number of aromatic nitrogens is 1. The third-order valence-corrected chi connectivity index (χ3v) is 3.07. The highest BCUT2D eigenvalue weighted by Crippen LogP contribution is 2.26. The molecule has 1 aromatic carbocycles. The van der Waals surface area contributed by atoms with E-state index < -0.39 is 0 Å². The second-order valence-corrected chi connectivity index (χ2v) is 5.23. The third kappa shape index (κ3) is 5.60. The minimum absolute atomic E-state index is 0.00832. The Morgan fingerprint density at radius 3 is 2.64 bits per heavy atom. The standard InChI is InChI=1S/C17H18N2O4.C2H6/c1-11(2)19-17(22)16-12(5-4-8-18-16)10-23-15-7-3-6-14(21)13(15)9-20;1-2/h3-9,11,21H,10H2,1-2H3,(H,19,22);1-2H3. The number of aldehydes is 1. The molecule has 0 saturated carbocycles. The summed E-state index contributed by atoms with van der Waals surface area (Å²) in [4.78, 5) is 27.3. The van der Waals surface area contributed by atoms with Gasteiger partial charge in [-0.05, 0) is 32.0 Å². The quantitative estimate of drug-likeness (QED) is 0.785. The van der Waals surface area contributed by atoms with E-state index in [0.717, 1.165) is 0 Å². The lowest BCUT2D eigenvalue weighted by Crippen LogP contribution is -2.31. The molecule has 0 spiro atoms. The monoisotopic (exact) mass is 344 g/mol. The SMILES string of the molecule is CC.CC(C)NC(=O)c1ncccc1COc1cccc(O)c1C=O. The van der Waals surface area contributed by atoms with E-state index in [2.05, 4.69) is 10.3 Å². The molecule has 2 aromatic rings. The second kappa shape index (κ2) is 10.1. The van der Waals surface area contributed by atoms with E-state index in [1.54, 1.807) is 24.3 Å². The van der Waals surface area contributed by atoms with Gasteiger partial charge >= 0.3 is 0 Å². The highest BCUT2D eigenvalue weighted by Gasteiger charge is 2.15. The van der Waals surface area contributed by atoms with E-state index in [4.69, 9.17) is 4.74 Å². The van der Waals surface area contributed by atoms with Crippen LogP contribution >= 0.6 is 0 Å². The maximum absolute atomic E-state index is 12.1. The van der Waals surface area contributed by atoms with Crippen LogP contribution in [0.2, 0.25) is 0 Å². The highest BCUT2D eigenvalue weighted by molar-refractivity contribution is 5.93. The summed E-state index contributed by atoms with van der Waals surface area (Å²) in [6.07, 6.45) is 2.06. The smallest absolute Gasteiger partial charge is 0.270 e. The van der Waals surface area contributed by atoms with Gasteiger partial charge in [0.2, 0.25) is 0 Å². The minimum Gasteiger partial charge on any atom is -0.507 e. The van der Waals surface area contributed by atoms with Crippen LogP contribution in [-0.2, 0) is 6.61 Å². The number of nitrogens with one attached hydrogen (secondary N) is 1. The molecule has 2 N–H and O–H groups in total. The molecule has 1 heterocycles. The molecule has 134 valence electrons. The zero-order chi connectivity index (χ0) is 18.8. The molecular weight excluding hydrogens is 320 g/mol. The number of pyridine rings is 1. The largest absolute Gasteiger partial charge is 0.507 e. The molecule has 0 atom stereocenters. The molecular formula is C19H24N2O4. The summed E-state index contributed by atoms with van der Waals surface area (Å²) >= 11 is 0. The van der Waals surface area contributed by atoms with Gasteiger partial charge in [0.25, 0.3) is 5.91 Å². The van der Waals surface area contributed by atoms with Gasteiger partial charge in [-0.15, -0.1) is 0 Å². The molecule has 1 amide bonds. The zero-order valence-electron chi connectivity index (χ0n) is 14.9. The van der Waals surface area contributed by atoms with Crippen molar-refractivity contribution in [1.82, 2.24) is 10.3 Å². The van der Waals surface area contributed by atoms with Gasteiger partial charge in [0, 0.05) is 17.8 Å². The number of rotatable bonds is 6. The van der Waals surface area contributed by atoms with E-state index in [1.165, 1.54) is 12.3 Å². The Hall–Kier alpha value is -2.89. The third-order valence-electron chi connectivity index (χ3n) is 3.07. The van der Waals surface area contributed by atoms with Crippen LogP contribution in [0, 0.1) is 0 Å². The van der Waals surface area contributed by atoms with Crippen LogP contribution in [0.4, 0.5) is 0 Å². The Kier molecular flexibility index (Phi) is 8.12. The van der Waals surface area contributed by atoms with Crippen LogP contribution in [0.15, 0.2) is 36.5 Å². The van der Waals surface area contributed by atoms with E-state index in [-0.39, 0.29) is 41.3 Å². The summed E-state index contributed by atoms with van der Waals surface area (Å²) in [6.45, 7) is 7.78. The predicted molar refractivity (Wildman–Crippen MR) is 96.0 cm³/mol. The van der Waals surface area contributed by atoms with Crippen LogP contribution in [0.3, 0.4) is 0 Å². The lowest BCUT2D eigenvalue weighted by atomic mass is 10.1. The molecule has 6 nitrogen and oxygen atoms in total. The van der Waals surface area contributed by atoms with Gasteiger partial charge in [-0.3, -0.25) is 14.6 Å². The van der Waals surface area contributed by atoms with Crippen molar-refractivity contribution in [3.05, 3.63) is 53.3 Å². The Morgan fingerprint density at radius 2 is 2.00 bits per heavy atom. The fourth-order valence-electron chi connectivity index (χ4n) is 2.02. The molecule has 25 heavy (non-hydrogen) atoms. The number of phenolic OH excluding ortho intramolecular Hbond substituents is 1. The lowest BCUT2D eigenvalue weighted by molar-refractivity contribution is 0.0934. The molecule has 6 heteroatoms. The number of carbonyl (C=O) groups excluding carboxylic acids is 2. The zero-order valence-corrected chi connectivity index (χ0v) is 14.9. The van der Waals surface area contributed by atoms with E-state index in [1.807, 2.05) is 27.7 Å². The molecule has 0 unspecified atom stereocenters. The van der Waals surface area contributed by atoms with Crippen LogP contribution in [0.5, 0.6) is 11.5 Å². The maximum atomic E-state index is 12.1. The van der Waals surface area contributed by atoms with Gasteiger partial charge in [-0.25, -0.2) is 0 Å². The number of phenols is 1. The van der Waals surface area contributed by atoms with E-state index in [0.29, 0.717) is 11.8 Å². The van der Waals surface area contributed by atoms with Gasteiger partial charge in [-0.2, -0.15) is 0 Å². The maximum Gasteiger partial charge on any atom is 0.270 e. The summed E-state index contributed by atoms with van der Waals surface area (Å²) < 4.78 is 5.58. The molecule has 0 aliphatic heterocycles. The number of carbonyl (C=O) groups is 2. The summed E-state index contributed by atoms with van der Waals surface area (Å²) in [6, 6.07) is 7.98. The molecule has 0 bridgehead atoms. The first kappa shape index (κ1) is 20.2. The van der Waals surface area contributed by atoms with E-state index in [9.17, 15) is 14.7 Å². The number of hydrogen-bond donors (Lipinski definition) is 2. The fourth-order valence-corrected chi connectivity index (χ4v) is 2.02. The van der Waals surface area contributed by atoms with Crippen molar-refractivity contribution in [3.8, 4) is 11.5 Å². The number of amides is 1. The van der Waals surface area contributed by atoms with E-state index >= 15 is 0 Å². The van der Waals surface area contributed by atoms with Crippen molar-refractivity contribution < 1.29 is 19.4 Å². The molecule has 0 aliphatic carbocycles. The van der Waals surface area contributed by atoms with Gasteiger partial charge in [0.1, 0.15) is 23.8 Å². The van der Waals surface area contributed by atoms with Crippen LogP contribution in [0.25, 0.3) is 0 Å². The van der Waals surface area contributed by atoms with Crippen LogP contribution < -0.4 is 10.1 Å². The molecule has 0 radical (unpaired) electrons. The summed E-state index contributed by atoms with van der Waals surface area (Å²) in [5, 5.41) is 12.4. The van der Waals surface area contributed by atoms with Gasteiger partial charge in [-0.1, -0.05) is 26.0 Å². The van der Waals surface area contributed by atoms with Crippen LogP contribution in [-0.4, -0.2) is 28.3 Å². The number of hydrogen-bond acceptors (Lipinski definition) is 5. The fraction of sp³-hybridized carbons (Fsp3) is 0.316. The Labute approximate surface area is 147 Å². The first-order chi connectivity index (χ1) is 12.0. The Bertz CT molecular complexity index is 714. The number of aromatic hydroxyl groups is 1. The highest BCUT2D eigenvalue weighted by atomic mass is 16.5. The van der Waals surface area contributed by atoms with Crippen molar-refractivity contribution in [2.45, 2.75) is 40.3 Å². The molecule has 2 rings (SSSR count). The first-order valence-electron chi connectivity index (χ1n) is 8.17. The first-order valence-corrected chi connectivity index (χ1v) is 8.17. The molecule has 0 aliphatic rings. The number of ether oxygens (including phenoxy) is 1. The van der Waals surface area contributed by atoms with Crippen molar-refractivity contribution in [2.75, 3.05) is 0 Å². The average molecular weight is 344 g/mol. The Morgan fingerprint density at radius 1 is 1.28 bits per heavy atom. The average Bonchev–Trinajstić information content (AvgIpc) is 2.61.